The van der Waals surface area contributed by atoms with Crippen molar-refractivity contribution in [1.29, 1.82) is 0 Å². The SMILES string of the molecule is COc1ccc(CN(Cc2ccccc2)C(=S)Nc2ccccc2)cc1OC. The average Bonchev–Trinajstić information content (AvgIpc) is 2.74. The second-order valence-corrected chi connectivity index (χ2v) is 6.71. The molecule has 5 heteroatoms. The van der Waals surface area contributed by atoms with Crippen LogP contribution in [0.4, 0.5) is 5.69 Å². The van der Waals surface area contributed by atoms with Crippen LogP contribution in [-0.2, 0) is 13.1 Å². The summed E-state index contributed by atoms with van der Waals surface area (Å²) in [5.41, 5.74) is 3.25. The molecule has 3 rings (SSSR count). The van der Waals surface area contributed by atoms with Crippen molar-refractivity contribution in [3.05, 3.63) is 90.0 Å². The van der Waals surface area contributed by atoms with Gasteiger partial charge in [-0.25, -0.2) is 0 Å². The molecule has 1 N–H and O–H groups in total. The molecule has 4 nitrogen and oxygen atoms in total. The number of hydrogen-bond acceptors (Lipinski definition) is 3. The smallest absolute Gasteiger partial charge is 0.174 e. The molecule has 0 aliphatic rings. The highest BCUT2D eigenvalue weighted by atomic mass is 32.1. The van der Waals surface area contributed by atoms with Crippen LogP contribution in [0, 0.1) is 0 Å². The van der Waals surface area contributed by atoms with Crippen molar-refractivity contribution in [1.82, 2.24) is 4.90 Å². The van der Waals surface area contributed by atoms with Crippen molar-refractivity contribution in [2.45, 2.75) is 13.1 Å². The zero-order valence-corrected chi connectivity index (χ0v) is 16.9. The number of nitrogens with zero attached hydrogens (tertiary/aromatic N) is 1. The van der Waals surface area contributed by atoms with E-state index < -0.39 is 0 Å². The van der Waals surface area contributed by atoms with Crippen molar-refractivity contribution in [2.24, 2.45) is 0 Å². The normalized spacial score (nSPS) is 10.2. The van der Waals surface area contributed by atoms with Gasteiger partial charge in [0.15, 0.2) is 16.6 Å². The molecule has 0 amide bonds. The number of methoxy groups -OCH3 is 2. The van der Waals surface area contributed by atoms with E-state index in [4.69, 9.17) is 21.7 Å². The maximum absolute atomic E-state index is 5.72. The van der Waals surface area contributed by atoms with Gasteiger partial charge >= 0.3 is 0 Å². The van der Waals surface area contributed by atoms with Crippen molar-refractivity contribution < 1.29 is 9.47 Å². The highest BCUT2D eigenvalue weighted by Crippen LogP contribution is 2.28. The number of hydrogen-bond donors (Lipinski definition) is 1. The van der Waals surface area contributed by atoms with Crippen LogP contribution in [0.15, 0.2) is 78.9 Å². The van der Waals surface area contributed by atoms with Gasteiger partial charge in [0.25, 0.3) is 0 Å². The molecule has 28 heavy (non-hydrogen) atoms. The zero-order chi connectivity index (χ0) is 19.8. The predicted octanol–water partition coefficient (Wildman–Crippen LogP) is 5.10. The van der Waals surface area contributed by atoms with Crippen LogP contribution in [0.2, 0.25) is 0 Å². The minimum Gasteiger partial charge on any atom is -0.493 e. The summed E-state index contributed by atoms with van der Waals surface area (Å²) in [5.74, 6) is 1.42. The van der Waals surface area contributed by atoms with Gasteiger partial charge in [-0.15, -0.1) is 0 Å². The highest BCUT2D eigenvalue weighted by Gasteiger charge is 2.13. The largest absolute Gasteiger partial charge is 0.493 e. The first-order valence-corrected chi connectivity index (χ1v) is 9.46. The first-order chi connectivity index (χ1) is 13.7. The highest BCUT2D eigenvalue weighted by molar-refractivity contribution is 7.80. The van der Waals surface area contributed by atoms with Crippen molar-refractivity contribution in [3.8, 4) is 11.5 Å². The number of anilines is 1. The monoisotopic (exact) mass is 392 g/mol. The average molecular weight is 393 g/mol. The number of para-hydroxylation sites is 1. The van der Waals surface area contributed by atoms with Crippen LogP contribution in [0.25, 0.3) is 0 Å². The Morgan fingerprint density at radius 1 is 0.786 bits per heavy atom. The van der Waals surface area contributed by atoms with Gasteiger partial charge < -0.3 is 19.7 Å². The van der Waals surface area contributed by atoms with Crippen LogP contribution in [0.5, 0.6) is 11.5 Å². The summed E-state index contributed by atoms with van der Waals surface area (Å²) in [4.78, 5) is 2.14. The molecular weight excluding hydrogens is 368 g/mol. The third-order valence-electron chi connectivity index (χ3n) is 4.35. The van der Waals surface area contributed by atoms with Gasteiger partial charge in [-0.05, 0) is 47.6 Å². The molecule has 0 saturated heterocycles. The van der Waals surface area contributed by atoms with Crippen LogP contribution in [0.3, 0.4) is 0 Å². The maximum Gasteiger partial charge on any atom is 0.174 e. The Kier molecular flexibility index (Phi) is 6.87. The van der Waals surface area contributed by atoms with Crippen molar-refractivity contribution in [3.63, 3.8) is 0 Å². The van der Waals surface area contributed by atoms with Crippen molar-refractivity contribution in [2.75, 3.05) is 19.5 Å². The van der Waals surface area contributed by atoms with Gasteiger partial charge in [0.1, 0.15) is 0 Å². The Morgan fingerprint density at radius 3 is 2.04 bits per heavy atom. The van der Waals surface area contributed by atoms with Crippen molar-refractivity contribution >= 4 is 23.0 Å². The minimum absolute atomic E-state index is 0.647. The predicted molar refractivity (Wildman–Crippen MR) is 118 cm³/mol. The van der Waals surface area contributed by atoms with E-state index in [1.54, 1.807) is 14.2 Å². The Bertz CT molecular complexity index is 901. The summed E-state index contributed by atoms with van der Waals surface area (Å²) in [6, 6.07) is 26.2. The summed E-state index contributed by atoms with van der Waals surface area (Å²) >= 11 is 5.72. The second kappa shape index (κ2) is 9.76. The summed E-state index contributed by atoms with van der Waals surface area (Å²) in [6.45, 7) is 1.35. The molecule has 0 saturated carbocycles. The number of rotatable bonds is 7. The fourth-order valence-electron chi connectivity index (χ4n) is 2.93. The summed E-state index contributed by atoms with van der Waals surface area (Å²) < 4.78 is 10.8. The number of benzene rings is 3. The molecule has 0 bridgehead atoms. The summed E-state index contributed by atoms with van der Waals surface area (Å²) in [7, 11) is 3.28. The molecule has 3 aromatic carbocycles. The summed E-state index contributed by atoms with van der Waals surface area (Å²) in [5, 5.41) is 4.01. The lowest BCUT2D eigenvalue weighted by atomic mass is 10.1. The van der Waals surface area contributed by atoms with Gasteiger partial charge in [-0.1, -0.05) is 54.6 Å². The molecule has 0 atom stereocenters. The first kappa shape index (κ1) is 19.7. The second-order valence-electron chi connectivity index (χ2n) is 6.33. The van der Waals surface area contributed by atoms with E-state index in [0.717, 1.165) is 11.3 Å². The van der Waals surface area contributed by atoms with Gasteiger partial charge in [-0.3, -0.25) is 0 Å². The molecule has 0 aliphatic heterocycles. The van der Waals surface area contributed by atoms with E-state index in [9.17, 15) is 0 Å². The molecule has 0 radical (unpaired) electrons. The van der Waals surface area contributed by atoms with Crippen LogP contribution >= 0.6 is 12.2 Å². The zero-order valence-electron chi connectivity index (χ0n) is 16.1. The van der Waals surface area contributed by atoms with Crippen LogP contribution < -0.4 is 14.8 Å². The fourth-order valence-corrected chi connectivity index (χ4v) is 3.17. The topological polar surface area (TPSA) is 33.7 Å². The molecular formula is C23H24N2O2S. The fraction of sp³-hybridized carbons (Fsp3) is 0.174. The molecule has 0 spiro atoms. The number of nitrogens with one attached hydrogen (secondary N) is 1. The Labute approximate surface area is 171 Å². The van der Waals surface area contributed by atoms with Crippen LogP contribution in [0.1, 0.15) is 11.1 Å². The maximum atomic E-state index is 5.72. The molecule has 0 heterocycles. The molecule has 0 unspecified atom stereocenters. The third kappa shape index (κ3) is 5.24. The van der Waals surface area contributed by atoms with E-state index in [1.165, 1.54) is 5.56 Å². The molecule has 0 aliphatic carbocycles. The van der Waals surface area contributed by atoms with Gasteiger partial charge in [0.05, 0.1) is 14.2 Å². The molecule has 0 aromatic heterocycles. The lowest BCUT2D eigenvalue weighted by Gasteiger charge is -2.26. The Morgan fingerprint density at radius 2 is 1.39 bits per heavy atom. The van der Waals surface area contributed by atoms with Gasteiger partial charge in [0, 0.05) is 18.8 Å². The standard InChI is InChI=1S/C23H24N2O2S/c1-26-21-14-13-19(15-22(21)27-2)17-25(16-18-9-5-3-6-10-18)23(28)24-20-11-7-4-8-12-20/h3-15H,16-17H2,1-2H3,(H,24,28). The third-order valence-corrected chi connectivity index (χ3v) is 4.71. The Balaban J connectivity index is 1.82. The lowest BCUT2D eigenvalue weighted by Crippen LogP contribution is -2.33. The quantitative estimate of drug-likeness (QED) is 0.566. The van der Waals surface area contributed by atoms with E-state index in [2.05, 4.69) is 22.3 Å². The van der Waals surface area contributed by atoms with E-state index in [0.29, 0.717) is 29.7 Å². The first-order valence-electron chi connectivity index (χ1n) is 9.05. The molecule has 144 valence electrons. The Hall–Kier alpha value is -3.05. The minimum atomic E-state index is 0.647. The lowest BCUT2D eigenvalue weighted by molar-refractivity contribution is 0.352. The summed E-state index contributed by atoms with van der Waals surface area (Å²) in [6.07, 6.45) is 0. The molecule has 0 fully saturated rings. The van der Waals surface area contributed by atoms with E-state index in [1.807, 2.05) is 66.7 Å². The number of ether oxygens (including phenoxy) is 2. The van der Waals surface area contributed by atoms with E-state index >= 15 is 0 Å². The van der Waals surface area contributed by atoms with Crippen LogP contribution in [-0.4, -0.2) is 24.2 Å². The van der Waals surface area contributed by atoms with Gasteiger partial charge in [0.2, 0.25) is 0 Å². The molecule has 3 aromatic rings. The van der Waals surface area contributed by atoms with Gasteiger partial charge in [-0.2, -0.15) is 0 Å². The van der Waals surface area contributed by atoms with E-state index in [-0.39, 0.29) is 0 Å². The number of thiocarbonyl (C=S) groups is 1.